The SMILES string of the molecule is CC(=O)N1CCc2cc(NC(=O)CN(C)[C@H](C)c3ccc(-n4cncn4)cc3)ccc21. The van der Waals surface area contributed by atoms with Crippen LogP contribution in [0.1, 0.15) is 31.0 Å². The monoisotopic (exact) mass is 418 g/mol. The third-order valence-corrected chi connectivity index (χ3v) is 5.75. The van der Waals surface area contributed by atoms with Gasteiger partial charge < -0.3 is 10.2 Å². The lowest BCUT2D eigenvalue weighted by Gasteiger charge is -2.24. The molecule has 0 bridgehead atoms. The maximum Gasteiger partial charge on any atom is 0.238 e. The number of likely N-dealkylation sites (N-methyl/N-ethyl adjacent to an activating group) is 1. The summed E-state index contributed by atoms with van der Waals surface area (Å²) in [6, 6.07) is 13.8. The number of carbonyl (C=O) groups excluding carboxylic acids is 2. The molecule has 0 fully saturated rings. The number of hydrogen-bond donors (Lipinski definition) is 1. The Morgan fingerprint density at radius 2 is 1.97 bits per heavy atom. The molecule has 8 nitrogen and oxygen atoms in total. The summed E-state index contributed by atoms with van der Waals surface area (Å²) in [7, 11) is 1.93. The van der Waals surface area contributed by atoms with Crippen LogP contribution in [0.3, 0.4) is 0 Å². The van der Waals surface area contributed by atoms with E-state index in [-0.39, 0.29) is 24.4 Å². The third-order valence-electron chi connectivity index (χ3n) is 5.75. The molecule has 1 aliphatic heterocycles. The van der Waals surface area contributed by atoms with E-state index in [2.05, 4.69) is 22.3 Å². The minimum absolute atomic E-state index is 0.0421. The van der Waals surface area contributed by atoms with E-state index in [1.807, 2.05) is 54.4 Å². The first-order valence-electron chi connectivity index (χ1n) is 10.3. The molecule has 1 atom stereocenters. The normalized spacial score (nSPS) is 13.9. The van der Waals surface area contributed by atoms with E-state index >= 15 is 0 Å². The summed E-state index contributed by atoms with van der Waals surface area (Å²) in [5, 5.41) is 7.11. The van der Waals surface area contributed by atoms with Crippen LogP contribution in [0.2, 0.25) is 0 Å². The maximum atomic E-state index is 12.6. The van der Waals surface area contributed by atoms with Crippen LogP contribution >= 0.6 is 0 Å². The number of hydrogen-bond acceptors (Lipinski definition) is 5. The largest absolute Gasteiger partial charge is 0.325 e. The molecule has 1 N–H and O–H groups in total. The predicted molar refractivity (Wildman–Crippen MR) is 119 cm³/mol. The molecule has 0 aliphatic carbocycles. The van der Waals surface area contributed by atoms with Gasteiger partial charge in [-0.2, -0.15) is 5.10 Å². The number of amides is 2. The minimum Gasteiger partial charge on any atom is -0.325 e. The molecule has 0 radical (unpaired) electrons. The summed E-state index contributed by atoms with van der Waals surface area (Å²) in [6.45, 7) is 4.61. The summed E-state index contributed by atoms with van der Waals surface area (Å²) in [6.07, 6.45) is 3.97. The van der Waals surface area contributed by atoms with Gasteiger partial charge in [0.1, 0.15) is 12.7 Å². The zero-order chi connectivity index (χ0) is 22.0. The van der Waals surface area contributed by atoms with Crippen LogP contribution in [-0.4, -0.2) is 51.6 Å². The molecule has 2 heterocycles. The number of aromatic nitrogens is 3. The lowest BCUT2D eigenvalue weighted by molar-refractivity contribution is -0.117. The average molecular weight is 419 g/mol. The van der Waals surface area contributed by atoms with Crippen LogP contribution in [-0.2, 0) is 16.0 Å². The highest BCUT2D eigenvalue weighted by molar-refractivity contribution is 5.96. The van der Waals surface area contributed by atoms with Gasteiger partial charge in [0.25, 0.3) is 0 Å². The first kappa shape index (κ1) is 20.7. The topological polar surface area (TPSA) is 83.4 Å². The Morgan fingerprint density at radius 3 is 2.65 bits per heavy atom. The molecule has 0 spiro atoms. The van der Waals surface area contributed by atoms with E-state index in [0.29, 0.717) is 6.54 Å². The van der Waals surface area contributed by atoms with E-state index in [1.54, 1.807) is 22.8 Å². The second-order valence-electron chi connectivity index (χ2n) is 7.83. The van der Waals surface area contributed by atoms with Gasteiger partial charge >= 0.3 is 0 Å². The Balaban J connectivity index is 1.36. The first-order chi connectivity index (χ1) is 14.9. The summed E-state index contributed by atoms with van der Waals surface area (Å²) >= 11 is 0. The summed E-state index contributed by atoms with van der Waals surface area (Å²) in [4.78, 5) is 32.0. The van der Waals surface area contributed by atoms with Crippen LogP contribution in [0.15, 0.2) is 55.1 Å². The molecule has 0 saturated heterocycles. The second-order valence-corrected chi connectivity index (χ2v) is 7.83. The van der Waals surface area contributed by atoms with Crippen molar-refractivity contribution in [3.05, 3.63) is 66.2 Å². The van der Waals surface area contributed by atoms with Crippen molar-refractivity contribution < 1.29 is 9.59 Å². The van der Waals surface area contributed by atoms with Crippen LogP contribution in [0, 0.1) is 0 Å². The molecule has 1 aromatic heterocycles. The fourth-order valence-electron chi connectivity index (χ4n) is 3.87. The summed E-state index contributed by atoms with van der Waals surface area (Å²) < 4.78 is 1.71. The molecular formula is C23H26N6O2. The highest BCUT2D eigenvalue weighted by Crippen LogP contribution is 2.30. The maximum absolute atomic E-state index is 12.6. The smallest absolute Gasteiger partial charge is 0.238 e. The lowest BCUT2D eigenvalue weighted by atomic mass is 10.1. The molecule has 4 rings (SSSR count). The number of rotatable bonds is 6. The molecule has 160 valence electrons. The standard InChI is InChI=1S/C23H26N6O2/c1-16(18-4-7-21(8-5-18)29-15-24-14-25-29)27(3)13-23(31)26-20-6-9-22-19(12-20)10-11-28(22)17(2)30/h4-9,12,14-16H,10-11,13H2,1-3H3,(H,26,31)/t16-/m1/s1. The van der Waals surface area contributed by atoms with Crippen molar-refractivity contribution >= 4 is 23.2 Å². The van der Waals surface area contributed by atoms with Crippen LogP contribution in [0.25, 0.3) is 5.69 Å². The van der Waals surface area contributed by atoms with Crippen LogP contribution in [0.4, 0.5) is 11.4 Å². The van der Waals surface area contributed by atoms with Crippen molar-refractivity contribution in [2.24, 2.45) is 0 Å². The lowest BCUT2D eigenvalue weighted by Crippen LogP contribution is -2.32. The Morgan fingerprint density at radius 1 is 1.19 bits per heavy atom. The minimum atomic E-state index is -0.0741. The fourth-order valence-corrected chi connectivity index (χ4v) is 3.87. The van der Waals surface area contributed by atoms with E-state index < -0.39 is 0 Å². The highest BCUT2D eigenvalue weighted by Gasteiger charge is 2.22. The fraction of sp³-hybridized carbons (Fsp3) is 0.304. The Hall–Kier alpha value is -3.52. The highest BCUT2D eigenvalue weighted by atomic mass is 16.2. The van der Waals surface area contributed by atoms with Crippen LogP contribution < -0.4 is 10.2 Å². The van der Waals surface area contributed by atoms with Gasteiger partial charge in [0, 0.05) is 30.9 Å². The molecule has 2 aromatic carbocycles. The van der Waals surface area contributed by atoms with Gasteiger partial charge in [-0.25, -0.2) is 9.67 Å². The van der Waals surface area contributed by atoms with Gasteiger partial charge in [-0.05, 0) is 61.9 Å². The van der Waals surface area contributed by atoms with Crippen molar-refractivity contribution in [2.45, 2.75) is 26.3 Å². The van der Waals surface area contributed by atoms with Crippen molar-refractivity contribution in [2.75, 3.05) is 30.4 Å². The molecule has 2 amide bonds. The van der Waals surface area contributed by atoms with Gasteiger partial charge in [0.05, 0.1) is 12.2 Å². The zero-order valence-corrected chi connectivity index (χ0v) is 17.9. The number of benzene rings is 2. The van der Waals surface area contributed by atoms with Gasteiger partial charge in [-0.1, -0.05) is 12.1 Å². The van der Waals surface area contributed by atoms with Gasteiger partial charge in [0.2, 0.25) is 11.8 Å². The van der Waals surface area contributed by atoms with E-state index in [9.17, 15) is 9.59 Å². The third kappa shape index (κ3) is 4.49. The van der Waals surface area contributed by atoms with E-state index in [4.69, 9.17) is 0 Å². The quantitative estimate of drug-likeness (QED) is 0.666. The Kier molecular flexibility index (Phi) is 5.81. The van der Waals surface area contributed by atoms with E-state index in [1.165, 1.54) is 6.33 Å². The average Bonchev–Trinajstić information content (AvgIpc) is 3.43. The zero-order valence-electron chi connectivity index (χ0n) is 17.9. The number of fused-ring (bicyclic) bond motifs is 1. The molecule has 1 aliphatic rings. The number of nitrogens with one attached hydrogen (secondary N) is 1. The summed E-state index contributed by atoms with van der Waals surface area (Å²) in [5.74, 6) is -0.0320. The Bertz CT molecular complexity index is 1080. The number of nitrogens with zero attached hydrogens (tertiary/aromatic N) is 5. The summed E-state index contributed by atoms with van der Waals surface area (Å²) in [5.41, 5.74) is 4.83. The van der Waals surface area contributed by atoms with E-state index in [0.717, 1.165) is 34.6 Å². The van der Waals surface area contributed by atoms with Crippen molar-refractivity contribution in [3.8, 4) is 5.69 Å². The second kappa shape index (κ2) is 8.69. The predicted octanol–water partition coefficient (Wildman–Crippen LogP) is 2.81. The van der Waals surface area contributed by atoms with Gasteiger partial charge in [-0.15, -0.1) is 0 Å². The first-order valence-corrected chi connectivity index (χ1v) is 10.3. The number of carbonyl (C=O) groups is 2. The molecule has 0 saturated carbocycles. The molecule has 8 heteroatoms. The molecule has 31 heavy (non-hydrogen) atoms. The van der Waals surface area contributed by atoms with Gasteiger partial charge in [0.15, 0.2) is 0 Å². The Labute approximate surface area is 181 Å². The molecule has 3 aromatic rings. The van der Waals surface area contributed by atoms with Crippen LogP contribution in [0.5, 0.6) is 0 Å². The number of anilines is 2. The molecule has 0 unspecified atom stereocenters. The van der Waals surface area contributed by atoms with Crippen molar-refractivity contribution in [3.63, 3.8) is 0 Å². The van der Waals surface area contributed by atoms with Crippen molar-refractivity contribution in [1.82, 2.24) is 19.7 Å². The van der Waals surface area contributed by atoms with Gasteiger partial charge in [-0.3, -0.25) is 14.5 Å². The molecular weight excluding hydrogens is 392 g/mol. The van der Waals surface area contributed by atoms with Crippen molar-refractivity contribution in [1.29, 1.82) is 0 Å².